The van der Waals surface area contributed by atoms with Gasteiger partial charge in [-0.3, -0.25) is 0 Å². The van der Waals surface area contributed by atoms with Gasteiger partial charge in [0.1, 0.15) is 5.58 Å². The van der Waals surface area contributed by atoms with E-state index in [2.05, 4.69) is 132 Å². The first-order chi connectivity index (χ1) is 24.8. The minimum absolute atomic E-state index is 0.577. The normalized spacial score (nSPS) is 12.0. The van der Waals surface area contributed by atoms with E-state index in [0.717, 1.165) is 55.3 Å². The number of benzene rings is 8. The third-order valence-electron chi connectivity index (χ3n) is 10.2. The SMILES string of the molecule is c1ccc(-c2nc(-c3ccccc3)c3c(n2)oc2ccc4c5ccccc5n(-c5ccc6c7ccccc7c7ccccc7c6c5)c4c23)cc1. The number of hydrogen-bond donors (Lipinski definition) is 0. The summed E-state index contributed by atoms with van der Waals surface area (Å²) < 4.78 is 9.09. The quantitative estimate of drug-likeness (QED) is 0.181. The van der Waals surface area contributed by atoms with Crippen LogP contribution in [0.5, 0.6) is 0 Å². The third kappa shape index (κ3) is 3.81. The Labute approximate surface area is 286 Å². The van der Waals surface area contributed by atoms with Crippen molar-refractivity contribution >= 4 is 76.2 Å². The van der Waals surface area contributed by atoms with Gasteiger partial charge >= 0.3 is 0 Å². The zero-order valence-corrected chi connectivity index (χ0v) is 26.8. The highest BCUT2D eigenvalue weighted by Crippen LogP contribution is 2.44. The fraction of sp³-hybridized carbons (Fsp3) is 0. The number of para-hydroxylation sites is 1. The van der Waals surface area contributed by atoms with Crippen LogP contribution in [-0.2, 0) is 0 Å². The van der Waals surface area contributed by atoms with E-state index in [-0.39, 0.29) is 0 Å². The van der Waals surface area contributed by atoms with Gasteiger partial charge in [-0.15, -0.1) is 0 Å². The molecule has 3 aromatic heterocycles. The standard InChI is InChI=1S/C46H27N3O/c1-3-13-28(14-4-1)43-42-41-40(50-46(42)48-45(47-43)29-15-5-2-6-16-29)26-25-37-36-21-11-12-22-39(36)49(44(37)41)30-23-24-35-33-19-8-7-17-31(33)32-18-9-10-20-34(32)38(35)27-30/h1-27H. The van der Waals surface area contributed by atoms with E-state index >= 15 is 0 Å². The van der Waals surface area contributed by atoms with Crippen molar-refractivity contribution in [2.45, 2.75) is 0 Å². The van der Waals surface area contributed by atoms with Gasteiger partial charge in [0.2, 0.25) is 5.71 Å². The number of furan rings is 1. The van der Waals surface area contributed by atoms with Crippen LogP contribution in [0.3, 0.4) is 0 Å². The number of rotatable bonds is 3. The Hall–Kier alpha value is -6.78. The highest BCUT2D eigenvalue weighted by atomic mass is 16.3. The lowest BCUT2D eigenvalue weighted by molar-refractivity contribution is 0.654. The van der Waals surface area contributed by atoms with Gasteiger partial charge in [-0.1, -0.05) is 133 Å². The predicted molar refractivity (Wildman–Crippen MR) is 207 cm³/mol. The summed E-state index contributed by atoms with van der Waals surface area (Å²) in [5.41, 5.74) is 7.49. The van der Waals surface area contributed by atoms with Crippen LogP contribution in [-0.4, -0.2) is 14.5 Å². The summed E-state index contributed by atoms with van der Waals surface area (Å²) >= 11 is 0. The lowest BCUT2D eigenvalue weighted by atomic mass is 9.94. The van der Waals surface area contributed by atoms with E-state index < -0.39 is 0 Å². The van der Waals surface area contributed by atoms with Gasteiger partial charge in [0, 0.05) is 27.6 Å². The summed E-state index contributed by atoms with van der Waals surface area (Å²) in [7, 11) is 0. The largest absolute Gasteiger partial charge is 0.437 e. The van der Waals surface area contributed by atoms with E-state index in [0.29, 0.717) is 11.5 Å². The first kappa shape index (κ1) is 27.2. The molecule has 0 spiro atoms. The van der Waals surface area contributed by atoms with Crippen molar-refractivity contribution in [3.05, 3.63) is 164 Å². The summed E-state index contributed by atoms with van der Waals surface area (Å²) in [6, 6.07) is 57.9. The molecule has 4 heteroatoms. The van der Waals surface area contributed by atoms with Crippen LogP contribution in [0.2, 0.25) is 0 Å². The topological polar surface area (TPSA) is 43.9 Å². The molecule has 50 heavy (non-hydrogen) atoms. The highest BCUT2D eigenvalue weighted by Gasteiger charge is 2.24. The number of fused-ring (bicyclic) bond motifs is 13. The molecule has 3 heterocycles. The van der Waals surface area contributed by atoms with Crippen molar-refractivity contribution in [3.8, 4) is 28.3 Å². The van der Waals surface area contributed by atoms with E-state index in [1.807, 2.05) is 36.4 Å². The van der Waals surface area contributed by atoms with Crippen LogP contribution in [0.1, 0.15) is 0 Å². The van der Waals surface area contributed by atoms with Gasteiger partial charge in [-0.2, -0.15) is 4.98 Å². The van der Waals surface area contributed by atoms with Crippen molar-refractivity contribution in [2.24, 2.45) is 0 Å². The smallest absolute Gasteiger partial charge is 0.231 e. The molecule has 11 rings (SSSR count). The minimum atomic E-state index is 0.577. The average molecular weight is 638 g/mol. The maximum Gasteiger partial charge on any atom is 0.231 e. The van der Waals surface area contributed by atoms with E-state index in [1.165, 1.54) is 37.7 Å². The molecule has 0 unspecified atom stereocenters. The van der Waals surface area contributed by atoms with Gasteiger partial charge in [-0.05, 0) is 62.6 Å². The van der Waals surface area contributed by atoms with Crippen molar-refractivity contribution in [1.82, 2.24) is 14.5 Å². The Morgan fingerprint density at radius 2 is 0.980 bits per heavy atom. The average Bonchev–Trinajstić information content (AvgIpc) is 3.74. The Morgan fingerprint density at radius 3 is 1.68 bits per heavy atom. The maximum absolute atomic E-state index is 6.68. The van der Waals surface area contributed by atoms with Crippen LogP contribution in [0, 0.1) is 0 Å². The molecule has 11 aromatic rings. The lowest BCUT2D eigenvalue weighted by Crippen LogP contribution is -1.96. The summed E-state index contributed by atoms with van der Waals surface area (Å²) in [6.07, 6.45) is 0. The summed E-state index contributed by atoms with van der Waals surface area (Å²) in [6.45, 7) is 0. The van der Waals surface area contributed by atoms with Crippen molar-refractivity contribution < 1.29 is 4.42 Å². The Morgan fingerprint density at radius 1 is 0.420 bits per heavy atom. The molecule has 0 aliphatic rings. The van der Waals surface area contributed by atoms with Crippen molar-refractivity contribution in [2.75, 3.05) is 0 Å². The van der Waals surface area contributed by atoms with Crippen LogP contribution < -0.4 is 0 Å². The summed E-state index contributed by atoms with van der Waals surface area (Å²) in [5.74, 6) is 0.640. The molecule has 0 aliphatic heterocycles. The molecule has 0 saturated carbocycles. The molecule has 232 valence electrons. The maximum atomic E-state index is 6.68. The highest BCUT2D eigenvalue weighted by molar-refractivity contribution is 6.28. The molecule has 0 saturated heterocycles. The van der Waals surface area contributed by atoms with E-state index in [9.17, 15) is 0 Å². The zero-order valence-electron chi connectivity index (χ0n) is 26.8. The number of aromatic nitrogens is 3. The first-order valence-electron chi connectivity index (χ1n) is 16.9. The Bertz CT molecular complexity index is 3100. The molecule has 0 bridgehead atoms. The van der Waals surface area contributed by atoms with Gasteiger partial charge in [0.25, 0.3) is 0 Å². The van der Waals surface area contributed by atoms with E-state index in [4.69, 9.17) is 14.4 Å². The van der Waals surface area contributed by atoms with Crippen LogP contribution in [0.25, 0.3) is 105 Å². The molecular weight excluding hydrogens is 611 g/mol. The molecule has 4 nitrogen and oxygen atoms in total. The van der Waals surface area contributed by atoms with Crippen LogP contribution in [0.15, 0.2) is 168 Å². The fourth-order valence-corrected chi connectivity index (χ4v) is 8.03. The lowest BCUT2D eigenvalue weighted by Gasteiger charge is -2.14. The van der Waals surface area contributed by atoms with Gasteiger partial charge < -0.3 is 8.98 Å². The number of hydrogen-bond acceptors (Lipinski definition) is 3. The first-order valence-corrected chi connectivity index (χ1v) is 16.9. The molecule has 0 aliphatic carbocycles. The Kier molecular flexibility index (Phi) is 5.63. The zero-order chi connectivity index (χ0) is 32.8. The third-order valence-corrected chi connectivity index (χ3v) is 10.2. The number of nitrogens with zero attached hydrogens (tertiary/aromatic N) is 3. The van der Waals surface area contributed by atoms with Crippen molar-refractivity contribution in [3.63, 3.8) is 0 Å². The molecular formula is C46H27N3O. The molecule has 8 aromatic carbocycles. The van der Waals surface area contributed by atoms with Gasteiger partial charge in [0.15, 0.2) is 5.82 Å². The second kappa shape index (κ2) is 10.4. The van der Waals surface area contributed by atoms with Gasteiger partial charge in [-0.25, -0.2) is 4.98 Å². The van der Waals surface area contributed by atoms with Crippen LogP contribution >= 0.6 is 0 Å². The molecule has 0 fully saturated rings. The molecule has 0 N–H and O–H groups in total. The minimum Gasteiger partial charge on any atom is -0.437 e. The Balaban J connectivity index is 1.30. The van der Waals surface area contributed by atoms with E-state index in [1.54, 1.807) is 0 Å². The second-order valence-corrected chi connectivity index (χ2v) is 12.9. The summed E-state index contributed by atoms with van der Waals surface area (Å²) in [5, 5.41) is 11.8. The molecule has 0 atom stereocenters. The van der Waals surface area contributed by atoms with Gasteiger partial charge in [0.05, 0.1) is 27.5 Å². The predicted octanol–water partition coefficient (Wildman–Crippen LogP) is 12.3. The second-order valence-electron chi connectivity index (χ2n) is 12.9. The monoisotopic (exact) mass is 637 g/mol. The van der Waals surface area contributed by atoms with Crippen LogP contribution in [0.4, 0.5) is 0 Å². The fourth-order valence-electron chi connectivity index (χ4n) is 8.03. The van der Waals surface area contributed by atoms with Crippen molar-refractivity contribution in [1.29, 1.82) is 0 Å². The summed E-state index contributed by atoms with van der Waals surface area (Å²) in [4.78, 5) is 10.3. The molecule has 0 radical (unpaired) electrons. The molecule has 0 amide bonds.